The first-order valence-electron chi connectivity index (χ1n) is 12.2. The van der Waals surface area contributed by atoms with Crippen LogP contribution < -0.4 is 11.0 Å². The van der Waals surface area contributed by atoms with E-state index in [-0.39, 0.29) is 18.0 Å². The molecule has 2 amide bonds. The Labute approximate surface area is 206 Å². The predicted molar refractivity (Wildman–Crippen MR) is 134 cm³/mol. The number of imidazole rings is 1. The number of ether oxygens (including phenoxy) is 2. The minimum atomic E-state index is -0.692. The van der Waals surface area contributed by atoms with Crippen LogP contribution >= 0.6 is 0 Å². The summed E-state index contributed by atoms with van der Waals surface area (Å²) in [6.45, 7) is 2.16. The summed E-state index contributed by atoms with van der Waals surface area (Å²) in [5.41, 5.74) is 1.81. The van der Waals surface area contributed by atoms with Crippen LogP contribution in [-0.2, 0) is 26.1 Å². The molecule has 2 aromatic rings. The molecule has 35 heavy (non-hydrogen) atoms. The number of aromatic nitrogens is 2. The number of amides is 2. The third kappa shape index (κ3) is 7.32. The van der Waals surface area contributed by atoms with Gasteiger partial charge in [-0.2, -0.15) is 0 Å². The highest BCUT2D eigenvalue weighted by Gasteiger charge is 2.31. The average molecular weight is 480 g/mol. The minimum Gasteiger partial charge on any atom is -0.369 e. The number of hydrogen-bond donors (Lipinski definition) is 1. The summed E-state index contributed by atoms with van der Waals surface area (Å²) in [6, 6.07) is 4.77. The third-order valence-corrected chi connectivity index (χ3v) is 6.03. The van der Waals surface area contributed by atoms with Crippen LogP contribution in [0.1, 0.15) is 63.0 Å². The molecule has 1 N–H and O–H groups in total. The Morgan fingerprint density at radius 3 is 2.37 bits per heavy atom. The summed E-state index contributed by atoms with van der Waals surface area (Å²) in [5, 5.41) is 2.32. The first-order valence-corrected chi connectivity index (χ1v) is 12.2. The molecule has 0 saturated carbocycles. The van der Waals surface area contributed by atoms with E-state index in [9.17, 15) is 14.4 Å². The summed E-state index contributed by atoms with van der Waals surface area (Å²) in [7, 11) is 1.67. The molecular weight excluding hydrogens is 446 g/mol. The quantitative estimate of drug-likeness (QED) is 0.287. The lowest BCUT2D eigenvalue weighted by Crippen LogP contribution is -2.44. The van der Waals surface area contributed by atoms with Gasteiger partial charge in [-0.05, 0) is 37.5 Å². The topological polar surface area (TPSA) is 91.6 Å². The normalized spacial score (nSPS) is 15.5. The van der Waals surface area contributed by atoms with Crippen molar-refractivity contribution in [3.8, 4) is 24.2 Å². The van der Waals surface area contributed by atoms with Crippen LogP contribution in [0.15, 0.2) is 23.0 Å². The van der Waals surface area contributed by atoms with E-state index in [2.05, 4.69) is 23.1 Å². The second kappa shape index (κ2) is 13.5. The van der Waals surface area contributed by atoms with Gasteiger partial charge in [-0.3, -0.25) is 24.0 Å². The molecule has 186 valence electrons. The van der Waals surface area contributed by atoms with Crippen molar-refractivity contribution in [3.63, 3.8) is 0 Å². The lowest BCUT2D eigenvalue weighted by molar-refractivity contribution is -0.135. The molecule has 0 aliphatic carbocycles. The van der Waals surface area contributed by atoms with E-state index < -0.39 is 11.9 Å². The number of rotatable bonds is 12. The lowest BCUT2D eigenvalue weighted by Gasteiger charge is -2.21. The van der Waals surface area contributed by atoms with Gasteiger partial charge in [0, 0.05) is 32.2 Å². The van der Waals surface area contributed by atoms with Crippen molar-refractivity contribution in [2.24, 2.45) is 7.05 Å². The van der Waals surface area contributed by atoms with Crippen LogP contribution in [0.25, 0.3) is 11.0 Å². The fourth-order valence-corrected chi connectivity index (χ4v) is 4.18. The summed E-state index contributed by atoms with van der Waals surface area (Å²) in [5.74, 6) is 7.81. The predicted octanol–water partition coefficient (Wildman–Crippen LogP) is 2.68. The summed E-state index contributed by atoms with van der Waals surface area (Å²) < 4.78 is 13.8. The van der Waals surface area contributed by atoms with E-state index >= 15 is 0 Å². The molecule has 1 saturated heterocycles. The van der Waals surface area contributed by atoms with Crippen molar-refractivity contribution in [2.45, 2.75) is 57.4 Å². The van der Waals surface area contributed by atoms with E-state index in [0.717, 1.165) is 37.9 Å². The van der Waals surface area contributed by atoms with Crippen molar-refractivity contribution in [3.05, 3.63) is 34.2 Å². The molecule has 2 heterocycles. The van der Waals surface area contributed by atoms with Gasteiger partial charge in [0.25, 0.3) is 0 Å². The number of unbranched alkanes of at least 4 members (excludes halogenated alkanes) is 5. The smallest absolute Gasteiger partial charge is 0.329 e. The van der Waals surface area contributed by atoms with Crippen molar-refractivity contribution < 1.29 is 19.1 Å². The number of benzene rings is 1. The maximum atomic E-state index is 12.8. The maximum absolute atomic E-state index is 12.8. The maximum Gasteiger partial charge on any atom is 0.329 e. The average Bonchev–Trinajstić information content (AvgIpc) is 3.09. The number of carbonyl (C=O) groups excluding carboxylic acids is 2. The molecule has 0 spiro atoms. The Hall–Kier alpha value is -3.33. The van der Waals surface area contributed by atoms with Crippen molar-refractivity contribution in [2.75, 3.05) is 26.4 Å². The second-order valence-corrected chi connectivity index (χ2v) is 8.61. The molecule has 0 radical (unpaired) electrons. The lowest BCUT2D eigenvalue weighted by atomic mass is 10.1. The molecule has 3 rings (SSSR count). The van der Waals surface area contributed by atoms with Crippen LogP contribution in [0.4, 0.5) is 0 Å². The van der Waals surface area contributed by atoms with E-state index in [1.165, 1.54) is 22.0 Å². The van der Waals surface area contributed by atoms with Crippen molar-refractivity contribution >= 4 is 22.8 Å². The van der Waals surface area contributed by atoms with Gasteiger partial charge < -0.3 is 9.47 Å². The number of nitrogens with one attached hydrogen (secondary N) is 1. The molecule has 1 aromatic carbocycles. The number of terminal acetylenes is 1. The Morgan fingerprint density at radius 2 is 1.69 bits per heavy atom. The second-order valence-electron chi connectivity index (χ2n) is 8.61. The highest BCUT2D eigenvalue weighted by atomic mass is 16.5. The van der Waals surface area contributed by atoms with Crippen LogP contribution in [0.5, 0.6) is 0 Å². The molecule has 8 nitrogen and oxygen atoms in total. The number of fused-ring (bicyclic) bond motifs is 1. The fourth-order valence-electron chi connectivity index (χ4n) is 4.18. The molecule has 8 heteroatoms. The number of aryl methyl sites for hydroxylation is 1. The number of nitrogens with zero attached hydrogens (tertiary/aromatic N) is 2. The Bertz CT molecular complexity index is 1190. The molecule has 1 fully saturated rings. The van der Waals surface area contributed by atoms with Crippen molar-refractivity contribution in [1.82, 2.24) is 14.5 Å². The number of imide groups is 1. The van der Waals surface area contributed by atoms with Gasteiger partial charge in [-0.15, -0.1) is 6.42 Å². The van der Waals surface area contributed by atoms with E-state index in [4.69, 9.17) is 15.9 Å². The van der Waals surface area contributed by atoms with Gasteiger partial charge in [0.05, 0.1) is 11.0 Å². The number of hydrogen-bond acceptors (Lipinski definition) is 5. The Kier molecular flexibility index (Phi) is 10.2. The van der Waals surface area contributed by atoms with Gasteiger partial charge in [0.1, 0.15) is 19.3 Å². The van der Waals surface area contributed by atoms with Crippen LogP contribution in [-0.4, -0.2) is 47.4 Å². The summed E-state index contributed by atoms with van der Waals surface area (Å²) in [6.07, 6.45) is 12.4. The standard InChI is InChI=1S/C27H33N3O5/c1-3-16-34-17-8-6-4-5-7-9-18-35-19-10-11-21-12-13-22-24(20-21)29(2)27(33)30(22)23-14-15-25(31)28-26(23)32/h1,12-13,20,23H,4-9,14-19H2,2H3,(H,28,31,32). The Morgan fingerprint density at radius 1 is 1.00 bits per heavy atom. The van der Waals surface area contributed by atoms with Crippen LogP contribution in [0.3, 0.4) is 0 Å². The number of carbonyl (C=O) groups is 2. The van der Waals surface area contributed by atoms with E-state index in [1.54, 1.807) is 13.1 Å². The molecule has 1 aliphatic heterocycles. The van der Waals surface area contributed by atoms with Crippen molar-refractivity contribution in [1.29, 1.82) is 0 Å². The molecular formula is C27H33N3O5. The zero-order valence-electron chi connectivity index (χ0n) is 20.3. The molecule has 1 unspecified atom stereocenters. The zero-order valence-corrected chi connectivity index (χ0v) is 20.3. The molecule has 0 bridgehead atoms. The monoisotopic (exact) mass is 479 g/mol. The summed E-state index contributed by atoms with van der Waals surface area (Å²) >= 11 is 0. The zero-order chi connectivity index (χ0) is 25.0. The highest BCUT2D eigenvalue weighted by molar-refractivity contribution is 6.00. The van der Waals surface area contributed by atoms with E-state index in [1.807, 2.05) is 12.1 Å². The largest absolute Gasteiger partial charge is 0.369 e. The van der Waals surface area contributed by atoms with Gasteiger partial charge in [-0.25, -0.2) is 4.79 Å². The molecule has 1 aliphatic rings. The number of piperidine rings is 1. The minimum absolute atomic E-state index is 0.214. The Balaban J connectivity index is 1.43. The van der Waals surface area contributed by atoms with Gasteiger partial charge >= 0.3 is 5.69 Å². The fraction of sp³-hybridized carbons (Fsp3) is 0.519. The highest BCUT2D eigenvalue weighted by Crippen LogP contribution is 2.23. The van der Waals surface area contributed by atoms with E-state index in [0.29, 0.717) is 37.3 Å². The van der Waals surface area contributed by atoms with Crippen LogP contribution in [0.2, 0.25) is 0 Å². The van der Waals surface area contributed by atoms with Crippen LogP contribution in [0, 0.1) is 24.2 Å². The molecule has 1 aromatic heterocycles. The first kappa shape index (κ1) is 26.3. The molecule has 1 atom stereocenters. The summed E-state index contributed by atoms with van der Waals surface area (Å²) in [4.78, 5) is 36.6. The first-order chi connectivity index (χ1) is 17.0. The van der Waals surface area contributed by atoms with Gasteiger partial charge in [-0.1, -0.05) is 43.4 Å². The third-order valence-electron chi connectivity index (χ3n) is 6.03. The van der Waals surface area contributed by atoms with Gasteiger partial charge in [0.15, 0.2) is 0 Å². The van der Waals surface area contributed by atoms with Gasteiger partial charge in [0.2, 0.25) is 11.8 Å². The SMILES string of the molecule is C#CCOCCCCCCCCOCC#Cc1ccc2c(c1)n(C)c(=O)n2C1CCC(=O)NC1=O.